The summed E-state index contributed by atoms with van der Waals surface area (Å²) in [6, 6.07) is 7.00. The number of aromatic nitrogens is 4. The van der Waals surface area contributed by atoms with Crippen molar-refractivity contribution in [2.45, 2.75) is 6.18 Å². The van der Waals surface area contributed by atoms with Gasteiger partial charge < -0.3 is 15.8 Å². The van der Waals surface area contributed by atoms with Gasteiger partial charge in [-0.2, -0.15) is 18.3 Å². The number of halogens is 3. The number of carbonyl (C=O) groups excluding carboxylic acids is 1. The molecule has 0 atom stereocenters. The van der Waals surface area contributed by atoms with Crippen LogP contribution in [0.25, 0.3) is 22.2 Å². The second-order valence-corrected chi connectivity index (χ2v) is 6.62. The van der Waals surface area contributed by atoms with E-state index in [9.17, 15) is 18.0 Å². The van der Waals surface area contributed by atoms with Crippen molar-refractivity contribution in [1.29, 1.82) is 0 Å². The Balaban J connectivity index is 1.52. The molecule has 4 aromatic rings. The average Bonchev–Trinajstić information content (AvgIpc) is 3.15. The number of anilines is 3. The Bertz CT molecular complexity index is 1290. The number of hydrogen-bond donors (Lipinski definition) is 4. The molecule has 3 heterocycles. The van der Waals surface area contributed by atoms with Crippen LogP contribution in [0.4, 0.5) is 35.3 Å². The minimum atomic E-state index is -4.56. The van der Waals surface area contributed by atoms with Crippen LogP contribution in [0, 0.1) is 0 Å². The first-order valence-corrected chi connectivity index (χ1v) is 9.14. The number of nitrogen functional groups attached to an aromatic ring is 1. The molecule has 5 N–H and O–H groups in total. The molecule has 2 amide bonds. The first-order valence-electron chi connectivity index (χ1n) is 9.14. The Morgan fingerprint density at radius 1 is 1.12 bits per heavy atom. The summed E-state index contributed by atoms with van der Waals surface area (Å²) in [5.41, 5.74) is 6.82. The predicted molar refractivity (Wildman–Crippen MR) is 112 cm³/mol. The molecule has 0 fully saturated rings. The van der Waals surface area contributed by atoms with Gasteiger partial charge >= 0.3 is 12.2 Å². The lowest BCUT2D eigenvalue weighted by molar-refractivity contribution is -0.137. The minimum absolute atomic E-state index is 0.0795. The SMILES string of the molecule is COc1ccc(C(F)(F)F)cc1NC(=O)Nc1ccc(-c2ccnc3[nH]nc(N)c23)cn1. The number of H-pyrrole nitrogens is 1. The fraction of sp³-hybridized carbons (Fsp3) is 0.100. The first kappa shape index (κ1) is 20.9. The van der Waals surface area contributed by atoms with Crippen LogP contribution in [0.1, 0.15) is 5.56 Å². The quantitative estimate of drug-likeness (QED) is 0.373. The Hall–Kier alpha value is -4.35. The molecule has 4 rings (SSSR count). The van der Waals surface area contributed by atoms with Crippen LogP contribution in [-0.2, 0) is 6.18 Å². The topological polar surface area (TPSA) is 131 Å². The van der Waals surface area contributed by atoms with Gasteiger partial charge in [-0.25, -0.2) is 14.8 Å². The van der Waals surface area contributed by atoms with Gasteiger partial charge in [0.15, 0.2) is 11.5 Å². The highest BCUT2D eigenvalue weighted by Crippen LogP contribution is 2.35. The highest BCUT2D eigenvalue weighted by molar-refractivity contribution is 6.01. The number of urea groups is 1. The van der Waals surface area contributed by atoms with Gasteiger partial charge in [0, 0.05) is 18.0 Å². The largest absolute Gasteiger partial charge is 0.495 e. The minimum Gasteiger partial charge on any atom is -0.495 e. The molecule has 9 nitrogen and oxygen atoms in total. The van der Waals surface area contributed by atoms with Gasteiger partial charge in [0.25, 0.3) is 0 Å². The van der Waals surface area contributed by atoms with Crippen molar-refractivity contribution in [3.8, 4) is 16.9 Å². The maximum absolute atomic E-state index is 13.0. The summed E-state index contributed by atoms with van der Waals surface area (Å²) < 4.78 is 43.9. The van der Waals surface area contributed by atoms with E-state index < -0.39 is 17.8 Å². The predicted octanol–water partition coefficient (Wildman–Crippen LogP) is 4.27. The summed E-state index contributed by atoms with van der Waals surface area (Å²) in [5, 5.41) is 12.1. The molecule has 12 heteroatoms. The van der Waals surface area contributed by atoms with Crippen molar-refractivity contribution in [2.75, 3.05) is 23.5 Å². The van der Waals surface area contributed by atoms with E-state index in [2.05, 4.69) is 30.8 Å². The molecule has 0 saturated carbocycles. The molecule has 1 aromatic carbocycles. The second-order valence-electron chi connectivity index (χ2n) is 6.62. The number of benzene rings is 1. The number of nitrogens with zero attached hydrogens (tertiary/aromatic N) is 3. The van der Waals surface area contributed by atoms with Crippen LogP contribution in [0.5, 0.6) is 5.75 Å². The molecule has 32 heavy (non-hydrogen) atoms. The third-order valence-electron chi connectivity index (χ3n) is 4.58. The zero-order valence-corrected chi connectivity index (χ0v) is 16.5. The second kappa shape index (κ2) is 8.06. The highest BCUT2D eigenvalue weighted by Gasteiger charge is 2.31. The zero-order valence-electron chi connectivity index (χ0n) is 16.5. The summed E-state index contributed by atoms with van der Waals surface area (Å²) in [6.45, 7) is 0. The monoisotopic (exact) mass is 443 g/mol. The highest BCUT2D eigenvalue weighted by atomic mass is 19.4. The smallest absolute Gasteiger partial charge is 0.416 e. The van der Waals surface area contributed by atoms with E-state index in [1.54, 1.807) is 24.4 Å². The first-order chi connectivity index (χ1) is 15.3. The van der Waals surface area contributed by atoms with Gasteiger partial charge in [-0.3, -0.25) is 10.4 Å². The summed E-state index contributed by atoms with van der Waals surface area (Å²) in [7, 11) is 1.29. The van der Waals surface area contributed by atoms with Crippen molar-refractivity contribution in [3.05, 3.63) is 54.4 Å². The van der Waals surface area contributed by atoms with E-state index in [4.69, 9.17) is 10.5 Å². The summed E-state index contributed by atoms with van der Waals surface area (Å²) in [6.07, 6.45) is -1.45. The molecule has 164 valence electrons. The van der Waals surface area contributed by atoms with E-state index >= 15 is 0 Å². The Morgan fingerprint density at radius 2 is 1.94 bits per heavy atom. The van der Waals surface area contributed by atoms with Gasteiger partial charge in [-0.05, 0) is 42.0 Å². The van der Waals surface area contributed by atoms with Crippen molar-refractivity contribution in [3.63, 3.8) is 0 Å². The van der Waals surface area contributed by atoms with E-state index in [1.165, 1.54) is 13.3 Å². The number of aromatic amines is 1. The normalized spacial score (nSPS) is 11.4. The maximum atomic E-state index is 13.0. The fourth-order valence-electron chi connectivity index (χ4n) is 3.09. The van der Waals surface area contributed by atoms with E-state index in [0.717, 1.165) is 23.8 Å². The number of methoxy groups -OCH3 is 1. The molecule has 0 radical (unpaired) electrons. The van der Waals surface area contributed by atoms with Crippen LogP contribution in [0.2, 0.25) is 0 Å². The van der Waals surface area contributed by atoms with Crippen LogP contribution >= 0.6 is 0 Å². The Labute approximate surface area is 178 Å². The average molecular weight is 443 g/mol. The molecule has 0 aliphatic carbocycles. The fourth-order valence-corrected chi connectivity index (χ4v) is 3.09. The van der Waals surface area contributed by atoms with Crippen LogP contribution in [-0.4, -0.2) is 33.3 Å². The third kappa shape index (κ3) is 4.10. The lowest BCUT2D eigenvalue weighted by atomic mass is 10.1. The summed E-state index contributed by atoms with van der Waals surface area (Å²) in [5.74, 6) is 0.554. The molecule has 0 bridgehead atoms. The molecule has 0 aliphatic heterocycles. The van der Waals surface area contributed by atoms with Crippen LogP contribution < -0.4 is 21.1 Å². The molecule has 3 aromatic heterocycles. The number of nitrogens with two attached hydrogens (primary N) is 1. The van der Waals surface area contributed by atoms with Crippen LogP contribution in [0.3, 0.4) is 0 Å². The maximum Gasteiger partial charge on any atom is 0.416 e. The third-order valence-corrected chi connectivity index (χ3v) is 4.58. The van der Waals surface area contributed by atoms with E-state index in [-0.39, 0.29) is 17.3 Å². The van der Waals surface area contributed by atoms with Gasteiger partial charge in [-0.15, -0.1) is 0 Å². The van der Waals surface area contributed by atoms with Gasteiger partial charge in [-0.1, -0.05) is 0 Å². The lowest BCUT2D eigenvalue weighted by Gasteiger charge is -2.14. The Kier molecular flexibility index (Phi) is 5.26. The molecule has 0 aliphatic rings. The van der Waals surface area contributed by atoms with Gasteiger partial charge in [0.05, 0.1) is 23.7 Å². The molecule has 0 unspecified atom stereocenters. The number of fused-ring (bicyclic) bond motifs is 1. The standard InChI is InChI=1S/C20H16F3N7O2/c1-32-14-4-3-11(20(21,22)23)8-13(14)27-19(31)28-15-5-2-10(9-26-15)12-6-7-25-18-16(12)17(24)29-30-18/h2-9H,1H3,(H3,24,25,29,30)(H2,26,27,28,31). The van der Waals surface area contributed by atoms with Gasteiger partial charge in [0.2, 0.25) is 0 Å². The summed E-state index contributed by atoms with van der Waals surface area (Å²) in [4.78, 5) is 20.7. The molecule has 0 saturated heterocycles. The molecular formula is C20H16F3N7O2. The number of carbonyl (C=O) groups is 1. The lowest BCUT2D eigenvalue weighted by Crippen LogP contribution is -2.21. The van der Waals surface area contributed by atoms with Crippen molar-refractivity contribution >= 4 is 34.4 Å². The van der Waals surface area contributed by atoms with Crippen LogP contribution in [0.15, 0.2) is 48.8 Å². The summed E-state index contributed by atoms with van der Waals surface area (Å²) >= 11 is 0. The van der Waals surface area contributed by atoms with Crippen molar-refractivity contribution < 1.29 is 22.7 Å². The number of ether oxygens (including phenoxy) is 1. The zero-order chi connectivity index (χ0) is 22.9. The number of nitrogens with one attached hydrogen (secondary N) is 3. The van der Waals surface area contributed by atoms with E-state index in [1.807, 2.05) is 0 Å². The molecular weight excluding hydrogens is 427 g/mol. The van der Waals surface area contributed by atoms with E-state index in [0.29, 0.717) is 22.4 Å². The molecule has 0 spiro atoms. The number of hydrogen-bond acceptors (Lipinski definition) is 6. The van der Waals surface area contributed by atoms with Gasteiger partial charge in [0.1, 0.15) is 11.6 Å². The number of alkyl halides is 3. The van der Waals surface area contributed by atoms with Crippen molar-refractivity contribution in [1.82, 2.24) is 20.2 Å². The number of pyridine rings is 2. The number of rotatable bonds is 4. The Morgan fingerprint density at radius 3 is 2.62 bits per heavy atom. The van der Waals surface area contributed by atoms with Crippen molar-refractivity contribution in [2.24, 2.45) is 0 Å². The number of amides is 2.